The van der Waals surface area contributed by atoms with Crippen LogP contribution in [0.2, 0.25) is 0 Å². The van der Waals surface area contributed by atoms with Gasteiger partial charge in [-0.2, -0.15) is 0 Å². The summed E-state index contributed by atoms with van der Waals surface area (Å²) in [6.45, 7) is 24.5. The minimum absolute atomic E-state index is 0.341. The van der Waals surface area contributed by atoms with Crippen LogP contribution in [0.25, 0.3) is 0 Å². The zero-order valence-electron chi connectivity index (χ0n) is 24.4. The Morgan fingerprint density at radius 2 is 1.17 bits per heavy atom. The predicted octanol–water partition coefficient (Wildman–Crippen LogP) is 7.33. The van der Waals surface area contributed by atoms with Crippen molar-refractivity contribution >= 4 is 0 Å². The summed E-state index contributed by atoms with van der Waals surface area (Å²) in [5.74, 6) is 4.44. The van der Waals surface area contributed by atoms with E-state index in [1.165, 1.54) is 35.4 Å². The van der Waals surface area contributed by atoms with Gasteiger partial charge >= 0.3 is 0 Å². The second-order valence-electron chi connectivity index (χ2n) is 14.9. The van der Waals surface area contributed by atoms with Crippen molar-refractivity contribution < 1.29 is 0 Å². The van der Waals surface area contributed by atoms with E-state index in [2.05, 4.69) is 95.4 Å². The molecule has 4 nitrogen and oxygen atoms in total. The summed E-state index contributed by atoms with van der Waals surface area (Å²) in [6.07, 6.45) is 12.2. The van der Waals surface area contributed by atoms with Crippen molar-refractivity contribution in [1.82, 2.24) is 19.9 Å². The predicted molar refractivity (Wildman–Crippen MR) is 146 cm³/mol. The lowest BCUT2D eigenvalue weighted by Crippen LogP contribution is -2.33. The molecule has 2 aromatic heterocycles. The standard InChI is InChI=1S/2C16H24N2/c1-10-15(2,3)12-6-11-8-17-9-18-14(11)7-13(12)16(10,4)5;1-10-15(2,3)12-6-7-13-11(8-17-9-18-13)14(12)16(10,4)5/h8-10,12-13H,6-7H2,1-5H3;8-10,12,14H,6-7H2,1-5H3. The van der Waals surface area contributed by atoms with Gasteiger partial charge in [0.15, 0.2) is 0 Å². The topological polar surface area (TPSA) is 51.6 Å². The number of rotatable bonds is 0. The van der Waals surface area contributed by atoms with Gasteiger partial charge < -0.3 is 0 Å². The lowest BCUT2D eigenvalue weighted by molar-refractivity contribution is 0.150. The Morgan fingerprint density at radius 3 is 1.83 bits per heavy atom. The second-order valence-corrected chi connectivity index (χ2v) is 14.9. The maximum Gasteiger partial charge on any atom is 0.115 e. The Morgan fingerprint density at radius 1 is 0.639 bits per heavy atom. The van der Waals surface area contributed by atoms with Crippen molar-refractivity contribution in [3.05, 3.63) is 47.6 Å². The van der Waals surface area contributed by atoms with Crippen LogP contribution < -0.4 is 0 Å². The van der Waals surface area contributed by atoms with E-state index in [-0.39, 0.29) is 0 Å². The first kappa shape index (κ1) is 25.8. The van der Waals surface area contributed by atoms with Crippen LogP contribution in [0.5, 0.6) is 0 Å². The summed E-state index contributed by atoms with van der Waals surface area (Å²) in [6, 6.07) is 0. The van der Waals surface area contributed by atoms with Crippen LogP contribution in [0.4, 0.5) is 0 Å². The molecule has 0 radical (unpaired) electrons. The minimum atomic E-state index is 0.341. The maximum absolute atomic E-state index is 4.51. The SMILES string of the molecule is CC1C(C)(C)C2CCc3ncncc3C2C1(C)C.CC1C(C)(C)C2Cc3cncnc3CC2C1(C)C. The van der Waals surface area contributed by atoms with Crippen LogP contribution in [-0.2, 0) is 19.3 Å². The normalized spacial score (nSPS) is 35.9. The first-order valence-corrected chi connectivity index (χ1v) is 14.3. The third kappa shape index (κ3) is 3.60. The molecule has 36 heavy (non-hydrogen) atoms. The number of aryl methyl sites for hydroxylation is 1. The summed E-state index contributed by atoms with van der Waals surface area (Å²) in [7, 11) is 0. The lowest BCUT2D eigenvalue weighted by atomic mass is 9.68. The molecule has 0 amide bonds. The molecule has 6 unspecified atom stereocenters. The Hall–Kier alpha value is -1.84. The number of nitrogens with zero attached hydrogens (tertiary/aromatic N) is 4. The molecule has 0 bridgehead atoms. The third-order valence-corrected chi connectivity index (χ3v) is 12.6. The molecule has 4 aliphatic rings. The molecule has 2 fully saturated rings. The van der Waals surface area contributed by atoms with Crippen molar-refractivity contribution in [3.8, 4) is 0 Å². The quantitative estimate of drug-likeness (QED) is 0.389. The molecule has 0 aromatic carbocycles. The smallest absolute Gasteiger partial charge is 0.115 e. The van der Waals surface area contributed by atoms with Gasteiger partial charge in [-0.05, 0) is 94.0 Å². The van der Waals surface area contributed by atoms with Gasteiger partial charge in [0.2, 0.25) is 0 Å². The van der Waals surface area contributed by atoms with E-state index in [1.54, 1.807) is 12.7 Å². The highest BCUT2D eigenvalue weighted by molar-refractivity contribution is 5.32. The summed E-state index contributed by atoms with van der Waals surface area (Å²) in [5, 5.41) is 0. The van der Waals surface area contributed by atoms with Crippen LogP contribution in [0.3, 0.4) is 0 Å². The fourth-order valence-electron chi connectivity index (χ4n) is 9.41. The van der Waals surface area contributed by atoms with E-state index in [1.807, 2.05) is 6.20 Å². The van der Waals surface area contributed by atoms with E-state index in [9.17, 15) is 0 Å². The average molecular weight is 489 g/mol. The number of hydrogen-bond acceptors (Lipinski definition) is 4. The number of aromatic nitrogens is 4. The third-order valence-electron chi connectivity index (χ3n) is 12.6. The molecular formula is C32H48N4. The molecule has 0 N–H and O–H groups in total. The van der Waals surface area contributed by atoms with Gasteiger partial charge in [-0.25, -0.2) is 19.9 Å². The molecule has 6 rings (SSSR count). The van der Waals surface area contributed by atoms with Crippen LogP contribution in [0.15, 0.2) is 25.0 Å². The zero-order chi connectivity index (χ0) is 26.3. The van der Waals surface area contributed by atoms with Gasteiger partial charge in [0.25, 0.3) is 0 Å². The molecule has 2 heterocycles. The molecule has 2 aromatic rings. The molecule has 4 heteroatoms. The first-order valence-electron chi connectivity index (χ1n) is 14.3. The van der Waals surface area contributed by atoms with Crippen molar-refractivity contribution in [2.45, 2.75) is 101 Å². The van der Waals surface area contributed by atoms with Gasteiger partial charge in [0, 0.05) is 23.8 Å². The van der Waals surface area contributed by atoms with E-state index in [0.717, 1.165) is 42.4 Å². The van der Waals surface area contributed by atoms with Crippen molar-refractivity contribution in [3.63, 3.8) is 0 Å². The molecule has 196 valence electrons. The van der Waals surface area contributed by atoms with Crippen molar-refractivity contribution in [2.24, 2.45) is 51.2 Å². The van der Waals surface area contributed by atoms with E-state index < -0.39 is 0 Å². The summed E-state index contributed by atoms with van der Waals surface area (Å²) >= 11 is 0. The van der Waals surface area contributed by atoms with Gasteiger partial charge in [0.1, 0.15) is 12.7 Å². The second kappa shape index (κ2) is 8.33. The Kier molecular flexibility index (Phi) is 5.97. The van der Waals surface area contributed by atoms with Crippen LogP contribution in [0, 0.1) is 51.2 Å². The summed E-state index contributed by atoms with van der Waals surface area (Å²) in [5.41, 5.74) is 7.00. The number of hydrogen-bond donors (Lipinski definition) is 0. The van der Waals surface area contributed by atoms with Crippen LogP contribution in [-0.4, -0.2) is 19.9 Å². The Labute approximate surface area is 219 Å². The summed E-state index contributed by atoms with van der Waals surface area (Å²) < 4.78 is 0. The Bertz CT molecular complexity index is 1080. The van der Waals surface area contributed by atoms with E-state index in [4.69, 9.17) is 0 Å². The lowest BCUT2D eigenvalue weighted by Gasteiger charge is -2.37. The molecule has 4 aliphatic carbocycles. The monoisotopic (exact) mass is 488 g/mol. The molecule has 0 aliphatic heterocycles. The van der Waals surface area contributed by atoms with Gasteiger partial charge in [-0.1, -0.05) is 69.2 Å². The van der Waals surface area contributed by atoms with Crippen LogP contribution in [0.1, 0.15) is 104 Å². The van der Waals surface area contributed by atoms with Gasteiger partial charge in [0.05, 0.1) is 0 Å². The highest BCUT2D eigenvalue weighted by atomic mass is 14.8. The molecule has 0 spiro atoms. The van der Waals surface area contributed by atoms with E-state index in [0.29, 0.717) is 27.6 Å². The molecule has 2 saturated carbocycles. The fraction of sp³-hybridized carbons (Fsp3) is 0.750. The average Bonchev–Trinajstić information content (AvgIpc) is 3.07. The van der Waals surface area contributed by atoms with Gasteiger partial charge in [-0.3, -0.25) is 0 Å². The van der Waals surface area contributed by atoms with Crippen molar-refractivity contribution in [2.75, 3.05) is 0 Å². The Balaban J connectivity index is 0.000000148. The van der Waals surface area contributed by atoms with Gasteiger partial charge in [-0.15, -0.1) is 0 Å². The highest BCUT2D eigenvalue weighted by Crippen LogP contribution is 2.67. The molecular weight excluding hydrogens is 440 g/mol. The zero-order valence-corrected chi connectivity index (χ0v) is 24.4. The first-order chi connectivity index (χ1) is 16.7. The largest absolute Gasteiger partial charge is 0.245 e. The fourth-order valence-corrected chi connectivity index (χ4v) is 9.41. The maximum atomic E-state index is 4.51. The van der Waals surface area contributed by atoms with Crippen LogP contribution >= 0.6 is 0 Å². The number of fused-ring (bicyclic) bond motifs is 5. The van der Waals surface area contributed by atoms with Crippen molar-refractivity contribution in [1.29, 1.82) is 0 Å². The van der Waals surface area contributed by atoms with E-state index >= 15 is 0 Å². The highest BCUT2D eigenvalue weighted by Gasteiger charge is 2.60. The summed E-state index contributed by atoms with van der Waals surface area (Å²) in [4.78, 5) is 17.5. The molecule has 0 saturated heterocycles. The molecule has 6 atom stereocenters. The minimum Gasteiger partial charge on any atom is -0.245 e.